The average Bonchev–Trinajstić information content (AvgIpc) is 2.96. The molecule has 0 amide bonds. The summed E-state index contributed by atoms with van der Waals surface area (Å²) in [4.78, 5) is 4.52. The number of imidazole rings is 1. The lowest BCUT2D eigenvalue weighted by Gasteiger charge is -2.15. The first kappa shape index (κ1) is 13.4. The Labute approximate surface area is 124 Å². The normalized spacial score (nSPS) is 10.6. The van der Waals surface area contributed by atoms with E-state index in [9.17, 15) is 0 Å². The lowest BCUT2D eigenvalue weighted by Crippen LogP contribution is -2.02. The molecule has 21 heavy (non-hydrogen) atoms. The highest BCUT2D eigenvalue weighted by atomic mass is 16.5. The van der Waals surface area contributed by atoms with E-state index in [0.717, 1.165) is 22.8 Å². The Morgan fingerprint density at radius 1 is 1.00 bits per heavy atom. The fourth-order valence-electron chi connectivity index (χ4n) is 2.70. The first-order valence-corrected chi connectivity index (χ1v) is 6.95. The van der Waals surface area contributed by atoms with E-state index in [0.29, 0.717) is 0 Å². The summed E-state index contributed by atoms with van der Waals surface area (Å²) in [6.07, 6.45) is 3.84. The first-order chi connectivity index (χ1) is 10.2. The smallest absolute Gasteiger partial charge is 0.144 e. The molecule has 1 heterocycles. The SMILES string of the molecule is COc1cc(C)c(-n2ccnc2-c2ccccc2)c(C)c1. The van der Waals surface area contributed by atoms with Crippen molar-refractivity contribution in [2.24, 2.45) is 0 Å². The van der Waals surface area contributed by atoms with Crippen LogP contribution in [0.3, 0.4) is 0 Å². The standard InChI is InChI=1S/C18H18N2O/c1-13-11-16(21-3)12-14(2)17(13)20-10-9-19-18(20)15-7-5-4-6-8-15/h4-12H,1-3H3. The van der Waals surface area contributed by atoms with Crippen LogP contribution in [0.4, 0.5) is 0 Å². The predicted octanol–water partition coefficient (Wildman–Crippen LogP) is 4.16. The number of hydrogen-bond donors (Lipinski definition) is 0. The summed E-state index contributed by atoms with van der Waals surface area (Å²) in [7, 11) is 1.69. The van der Waals surface area contributed by atoms with Gasteiger partial charge in [0.05, 0.1) is 12.8 Å². The summed E-state index contributed by atoms with van der Waals surface area (Å²) >= 11 is 0. The maximum Gasteiger partial charge on any atom is 0.144 e. The van der Waals surface area contributed by atoms with Gasteiger partial charge in [-0.25, -0.2) is 4.98 Å². The van der Waals surface area contributed by atoms with Gasteiger partial charge in [0.1, 0.15) is 11.6 Å². The zero-order chi connectivity index (χ0) is 14.8. The summed E-state index contributed by atoms with van der Waals surface area (Å²) in [5, 5.41) is 0. The van der Waals surface area contributed by atoms with Crippen molar-refractivity contribution in [1.29, 1.82) is 0 Å². The van der Waals surface area contributed by atoms with E-state index in [2.05, 4.69) is 47.7 Å². The highest BCUT2D eigenvalue weighted by molar-refractivity contribution is 5.62. The molecule has 0 saturated carbocycles. The van der Waals surface area contributed by atoms with Gasteiger partial charge in [-0.3, -0.25) is 4.57 Å². The lowest BCUT2D eigenvalue weighted by molar-refractivity contribution is 0.414. The van der Waals surface area contributed by atoms with E-state index in [1.165, 1.54) is 11.1 Å². The number of benzene rings is 2. The number of rotatable bonds is 3. The molecule has 1 aromatic heterocycles. The maximum absolute atomic E-state index is 5.34. The van der Waals surface area contributed by atoms with Gasteiger partial charge in [-0.1, -0.05) is 30.3 Å². The van der Waals surface area contributed by atoms with Gasteiger partial charge in [0.25, 0.3) is 0 Å². The van der Waals surface area contributed by atoms with E-state index in [4.69, 9.17) is 4.74 Å². The van der Waals surface area contributed by atoms with Crippen molar-refractivity contribution >= 4 is 0 Å². The van der Waals surface area contributed by atoms with Crippen molar-refractivity contribution in [2.45, 2.75) is 13.8 Å². The van der Waals surface area contributed by atoms with Crippen LogP contribution in [0.25, 0.3) is 17.1 Å². The van der Waals surface area contributed by atoms with Crippen LogP contribution < -0.4 is 4.74 Å². The number of aromatic nitrogens is 2. The van der Waals surface area contributed by atoms with Crippen LogP contribution in [0.1, 0.15) is 11.1 Å². The number of aryl methyl sites for hydroxylation is 2. The molecule has 2 aromatic carbocycles. The fraction of sp³-hybridized carbons (Fsp3) is 0.167. The molecule has 3 aromatic rings. The fourth-order valence-corrected chi connectivity index (χ4v) is 2.70. The van der Waals surface area contributed by atoms with Gasteiger partial charge >= 0.3 is 0 Å². The minimum absolute atomic E-state index is 0.884. The Kier molecular flexibility index (Phi) is 3.48. The molecule has 0 aliphatic rings. The van der Waals surface area contributed by atoms with Gasteiger partial charge in [0, 0.05) is 18.0 Å². The van der Waals surface area contributed by atoms with Crippen LogP contribution in [0.15, 0.2) is 54.9 Å². The van der Waals surface area contributed by atoms with Crippen LogP contribution in [0.5, 0.6) is 5.75 Å². The molecule has 0 radical (unpaired) electrons. The Balaban J connectivity index is 2.17. The van der Waals surface area contributed by atoms with Gasteiger partial charge in [-0.2, -0.15) is 0 Å². The second kappa shape index (κ2) is 5.44. The number of nitrogens with zero attached hydrogens (tertiary/aromatic N) is 2. The van der Waals surface area contributed by atoms with E-state index in [-0.39, 0.29) is 0 Å². The second-order valence-electron chi connectivity index (χ2n) is 5.10. The van der Waals surface area contributed by atoms with Crippen molar-refractivity contribution in [1.82, 2.24) is 9.55 Å². The molecule has 3 heteroatoms. The molecule has 0 atom stereocenters. The van der Waals surface area contributed by atoms with E-state index < -0.39 is 0 Å². The summed E-state index contributed by atoms with van der Waals surface area (Å²) in [5.41, 5.74) is 4.60. The molecular weight excluding hydrogens is 260 g/mol. The minimum Gasteiger partial charge on any atom is -0.497 e. The molecule has 0 aliphatic carbocycles. The van der Waals surface area contributed by atoms with Crippen LogP contribution in [-0.2, 0) is 0 Å². The largest absolute Gasteiger partial charge is 0.497 e. The van der Waals surface area contributed by atoms with Gasteiger partial charge < -0.3 is 4.74 Å². The average molecular weight is 278 g/mol. The zero-order valence-corrected chi connectivity index (χ0v) is 12.5. The lowest BCUT2D eigenvalue weighted by atomic mass is 10.1. The highest BCUT2D eigenvalue weighted by Gasteiger charge is 2.12. The van der Waals surface area contributed by atoms with Crippen molar-refractivity contribution in [3.8, 4) is 22.8 Å². The summed E-state index contributed by atoms with van der Waals surface area (Å²) < 4.78 is 7.48. The Hall–Kier alpha value is -2.55. The monoisotopic (exact) mass is 278 g/mol. The third kappa shape index (κ3) is 2.42. The molecule has 0 unspecified atom stereocenters. The molecule has 0 fully saturated rings. The predicted molar refractivity (Wildman–Crippen MR) is 85.0 cm³/mol. The molecule has 0 bridgehead atoms. The summed E-state index contributed by atoms with van der Waals surface area (Å²) in [6, 6.07) is 14.3. The Morgan fingerprint density at radius 2 is 1.67 bits per heavy atom. The van der Waals surface area contributed by atoms with E-state index in [1.54, 1.807) is 7.11 Å². The molecule has 0 N–H and O–H groups in total. The zero-order valence-electron chi connectivity index (χ0n) is 12.5. The maximum atomic E-state index is 5.34. The molecular formula is C18H18N2O. The molecule has 3 nitrogen and oxygen atoms in total. The van der Waals surface area contributed by atoms with Crippen LogP contribution in [0, 0.1) is 13.8 Å². The third-order valence-electron chi connectivity index (χ3n) is 3.61. The molecule has 0 saturated heterocycles. The minimum atomic E-state index is 0.884. The van der Waals surface area contributed by atoms with Crippen molar-refractivity contribution < 1.29 is 4.74 Å². The quantitative estimate of drug-likeness (QED) is 0.719. The van der Waals surface area contributed by atoms with Gasteiger partial charge in [-0.05, 0) is 37.1 Å². The van der Waals surface area contributed by atoms with Crippen molar-refractivity contribution in [3.63, 3.8) is 0 Å². The molecule has 3 rings (SSSR count). The van der Waals surface area contributed by atoms with Gasteiger partial charge in [0.15, 0.2) is 0 Å². The van der Waals surface area contributed by atoms with E-state index >= 15 is 0 Å². The summed E-state index contributed by atoms with van der Waals surface area (Å²) in [5.74, 6) is 1.84. The topological polar surface area (TPSA) is 27.1 Å². The Bertz CT molecular complexity index is 737. The number of hydrogen-bond acceptors (Lipinski definition) is 2. The number of ether oxygens (including phenoxy) is 1. The molecule has 0 spiro atoms. The van der Waals surface area contributed by atoms with E-state index in [1.807, 2.05) is 30.6 Å². The summed E-state index contributed by atoms with van der Waals surface area (Å²) in [6.45, 7) is 4.19. The second-order valence-corrected chi connectivity index (χ2v) is 5.10. The molecule has 0 aliphatic heterocycles. The Morgan fingerprint density at radius 3 is 2.29 bits per heavy atom. The molecule has 106 valence electrons. The van der Waals surface area contributed by atoms with Crippen LogP contribution in [0.2, 0.25) is 0 Å². The first-order valence-electron chi connectivity index (χ1n) is 6.95. The van der Waals surface area contributed by atoms with Gasteiger partial charge in [-0.15, -0.1) is 0 Å². The third-order valence-corrected chi connectivity index (χ3v) is 3.61. The van der Waals surface area contributed by atoms with Crippen LogP contribution in [-0.4, -0.2) is 16.7 Å². The highest BCUT2D eigenvalue weighted by Crippen LogP contribution is 2.28. The van der Waals surface area contributed by atoms with Crippen LogP contribution >= 0.6 is 0 Å². The van der Waals surface area contributed by atoms with Gasteiger partial charge in [0.2, 0.25) is 0 Å². The van der Waals surface area contributed by atoms with Crippen molar-refractivity contribution in [3.05, 3.63) is 66.0 Å². The number of methoxy groups -OCH3 is 1. The van der Waals surface area contributed by atoms with Crippen molar-refractivity contribution in [2.75, 3.05) is 7.11 Å².